The van der Waals surface area contributed by atoms with Crippen molar-refractivity contribution >= 4 is 10.0 Å². The van der Waals surface area contributed by atoms with Crippen LogP contribution in [0.3, 0.4) is 0 Å². The Morgan fingerprint density at radius 1 is 1.24 bits per heavy atom. The van der Waals surface area contributed by atoms with Gasteiger partial charge in [-0.05, 0) is 56.0 Å². The van der Waals surface area contributed by atoms with Crippen molar-refractivity contribution in [3.05, 3.63) is 51.9 Å². The van der Waals surface area contributed by atoms with E-state index in [1.165, 1.54) is 16.8 Å². The topological polar surface area (TPSA) is 90.3 Å². The summed E-state index contributed by atoms with van der Waals surface area (Å²) in [4.78, 5) is 12.2. The molecule has 3 rings (SSSR count). The summed E-state index contributed by atoms with van der Waals surface area (Å²) in [7, 11) is -3.64. The number of nitrogens with zero attached hydrogens (tertiary/aromatic N) is 2. The predicted octanol–water partition coefficient (Wildman–Crippen LogP) is 1.11. The minimum atomic E-state index is -3.64. The summed E-state index contributed by atoms with van der Waals surface area (Å²) in [5, 5.41) is 4.33. The monoisotopic (exact) mass is 363 g/mol. The van der Waals surface area contributed by atoms with Crippen molar-refractivity contribution in [1.82, 2.24) is 14.5 Å². The lowest BCUT2D eigenvalue weighted by Crippen LogP contribution is -2.32. The predicted molar refractivity (Wildman–Crippen MR) is 93.3 cm³/mol. The Morgan fingerprint density at radius 2 is 2.00 bits per heavy atom. The van der Waals surface area contributed by atoms with Gasteiger partial charge in [0, 0.05) is 12.6 Å². The van der Waals surface area contributed by atoms with Crippen LogP contribution in [0, 0.1) is 0 Å². The number of fused-ring (bicyclic) bond motifs is 1. The SMILES string of the molecule is CCOc1ccc(S(=O)(=O)NCCn2nc3c(cc2=O)CCC3)cc1. The molecule has 0 atom stereocenters. The molecule has 0 saturated heterocycles. The number of hydrogen-bond acceptors (Lipinski definition) is 5. The van der Waals surface area contributed by atoms with Crippen LogP contribution in [0.2, 0.25) is 0 Å². The molecule has 0 radical (unpaired) electrons. The number of nitrogens with one attached hydrogen (secondary N) is 1. The summed E-state index contributed by atoms with van der Waals surface area (Å²) in [6, 6.07) is 7.83. The van der Waals surface area contributed by atoms with Crippen molar-refractivity contribution < 1.29 is 13.2 Å². The molecule has 0 spiro atoms. The highest BCUT2D eigenvalue weighted by Crippen LogP contribution is 2.17. The third-order valence-corrected chi connectivity index (χ3v) is 5.56. The Balaban J connectivity index is 1.64. The lowest BCUT2D eigenvalue weighted by Gasteiger charge is -2.10. The summed E-state index contributed by atoms with van der Waals surface area (Å²) in [6.45, 7) is 2.68. The van der Waals surface area contributed by atoms with E-state index < -0.39 is 10.0 Å². The van der Waals surface area contributed by atoms with Crippen LogP contribution in [-0.2, 0) is 29.4 Å². The first-order valence-corrected chi connectivity index (χ1v) is 9.80. The molecule has 25 heavy (non-hydrogen) atoms. The van der Waals surface area contributed by atoms with E-state index in [0.29, 0.717) is 12.4 Å². The average Bonchev–Trinajstić information content (AvgIpc) is 3.03. The standard InChI is InChI=1S/C17H21N3O4S/c1-2-24-14-6-8-15(9-7-14)25(22,23)18-10-11-20-17(21)12-13-4-3-5-16(13)19-20/h6-9,12,18H,2-5,10-11H2,1H3. The van der Waals surface area contributed by atoms with Crippen LogP contribution >= 0.6 is 0 Å². The Labute approximate surface area is 146 Å². The van der Waals surface area contributed by atoms with Crippen molar-refractivity contribution in [2.75, 3.05) is 13.2 Å². The van der Waals surface area contributed by atoms with E-state index in [1.807, 2.05) is 6.92 Å². The summed E-state index contributed by atoms with van der Waals surface area (Å²) in [5.41, 5.74) is 1.76. The Hall–Kier alpha value is -2.19. The molecular weight excluding hydrogens is 342 g/mol. The molecule has 0 aliphatic heterocycles. The molecule has 0 amide bonds. The molecule has 2 aromatic rings. The third-order valence-electron chi connectivity index (χ3n) is 4.08. The largest absolute Gasteiger partial charge is 0.494 e. The van der Waals surface area contributed by atoms with Gasteiger partial charge < -0.3 is 4.74 Å². The molecular formula is C17H21N3O4S. The number of rotatable bonds is 7. The summed E-state index contributed by atoms with van der Waals surface area (Å²) < 4.78 is 33.7. The molecule has 0 fully saturated rings. The van der Waals surface area contributed by atoms with Crippen LogP contribution in [-0.4, -0.2) is 31.3 Å². The van der Waals surface area contributed by atoms with Gasteiger partial charge in [-0.2, -0.15) is 5.10 Å². The number of ether oxygens (including phenoxy) is 1. The summed E-state index contributed by atoms with van der Waals surface area (Å²) >= 11 is 0. The summed E-state index contributed by atoms with van der Waals surface area (Å²) in [5.74, 6) is 0.621. The van der Waals surface area contributed by atoms with E-state index in [2.05, 4.69) is 9.82 Å². The fraction of sp³-hybridized carbons (Fsp3) is 0.412. The zero-order valence-electron chi connectivity index (χ0n) is 14.1. The van der Waals surface area contributed by atoms with E-state index in [9.17, 15) is 13.2 Å². The van der Waals surface area contributed by atoms with Gasteiger partial charge in [0.05, 0.1) is 23.7 Å². The van der Waals surface area contributed by atoms with Crippen LogP contribution in [0.25, 0.3) is 0 Å². The van der Waals surface area contributed by atoms with Gasteiger partial charge in [0.2, 0.25) is 10.0 Å². The van der Waals surface area contributed by atoms with Crippen molar-refractivity contribution in [3.8, 4) is 5.75 Å². The van der Waals surface area contributed by atoms with Gasteiger partial charge in [-0.15, -0.1) is 0 Å². The van der Waals surface area contributed by atoms with Crippen molar-refractivity contribution in [3.63, 3.8) is 0 Å². The molecule has 1 N–H and O–H groups in total. The van der Waals surface area contributed by atoms with Gasteiger partial charge in [0.25, 0.3) is 5.56 Å². The van der Waals surface area contributed by atoms with Gasteiger partial charge in [-0.1, -0.05) is 0 Å². The number of hydrogen-bond donors (Lipinski definition) is 1. The van der Waals surface area contributed by atoms with Gasteiger partial charge in [-0.25, -0.2) is 17.8 Å². The van der Waals surface area contributed by atoms with Gasteiger partial charge in [-0.3, -0.25) is 4.79 Å². The maximum atomic E-state index is 12.3. The fourth-order valence-corrected chi connectivity index (χ4v) is 3.87. The highest BCUT2D eigenvalue weighted by molar-refractivity contribution is 7.89. The Kier molecular flexibility index (Phi) is 5.19. The first-order valence-electron chi connectivity index (χ1n) is 8.32. The lowest BCUT2D eigenvalue weighted by molar-refractivity contribution is 0.340. The average molecular weight is 363 g/mol. The number of aromatic nitrogens is 2. The van der Waals surface area contributed by atoms with Crippen LogP contribution in [0.4, 0.5) is 0 Å². The number of benzene rings is 1. The fourth-order valence-electron chi connectivity index (χ4n) is 2.85. The quantitative estimate of drug-likeness (QED) is 0.796. The number of sulfonamides is 1. The molecule has 0 bridgehead atoms. The van der Waals surface area contributed by atoms with Gasteiger partial charge in [0.15, 0.2) is 0 Å². The minimum Gasteiger partial charge on any atom is -0.494 e. The van der Waals surface area contributed by atoms with Crippen LogP contribution in [0.15, 0.2) is 40.0 Å². The zero-order chi connectivity index (χ0) is 17.9. The third kappa shape index (κ3) is 4.08. The maximum Gasteiger partial charge on any atom is 0.267 e. The van der Waals surface area contributed by atoms with E-state index in [0.717, 1.165) is 30.5 Å². The first-order chi connectivity index (χ1) is 12.0. The zero-order valence-corrected chi connectivity index (χ0v) is 14.9. The van der Waals surface area contributed by atoms with Crippen LogP contribution < -0.4 is 15.0 Å². The highest BCUT2D eigenvalue weighted by Gasteiger charge is 2.16. The molecule has 1 aromatic carbocycles. The molecule has 0 saturated carbocycles. The van der Waals surface area contributed by atoms with E-state index in [-0.39, 0.29) is 23.5 Å². The van der Waals surface area contributed by atoms with E-state index in [1.54, 1.807) is 18.2 Å². The van der Waals surface area contributed by atoms with E-state index in [4.69, 9.17) is 4.74 Å². The minimum absolute atomic E-state index is 0.0985. The second kappa shape index (κ2) is 7.37. The van der Waals surface area contributed by atoms with E-state index >= 15 is 0 Å². The van der Waals surface area contributed by atoms with Crippen LogP contribution in [0.5, 0.6) is 5.75 Å². The highest BCUT2D eigenvalue weighted by atomic mass is 32.2. The molecule has 134 valence electrons. The smallest absolute Gasteiger partial charge is 0.267 e. The van der Waals surface area contributed by atoms with Crippen LogP contribution in [0.1, 0.15) is 24.6 Å². The lowest BCUT2D eigenvalue weighted by atomic mass is 10.2. The molecule has 0 unspecified atom stereocenters. The second-order valence-electron chi connectivity index (χ2n) is 5.83. The van der Waals surface area contributed by atoms with Gasteiger partial charge >= 0.3 is 0 Å². The molecule has 1 heterocycles. The first kappa shape index (κ1) is 17.6. The Morgan fingerprint density at radius 3 is 2.72 bits per heavy atom. The molecule has 1 aromatic heterocycles. The second-order valence-corrected chi connectivity index (χ2v) is 7.60. The Bertz CT molecular complexity index is 904. The summed E-state index contributed by atoms with van der Waals surface area (Å²) in [6.07, 6.45) is 2.77. The van der Waals surface area contributed by atoms with Crippen molar-refractivity contribution in [1.29, 1.82) is 0 Å². The molecule has 7 nitrogen and oxygen atoms in total. The van der Waals surface area contributed by atoms with Crippen molar-refractivity contribution in [2.24, 2.45) is 0 Å². The van der Waals surface area contributed by atoms with Crippen molar-refractivity contribution in [2.45, 2.75) is 37.6 Å². The number of aryl methyl sites for hydroxylation is 2. The molecule has 1 aliphatic carbocycles. The maximum absolute atomic E-state index is 12.3. The molecule has 8 heteroatoms. The molecule has 1 aliphatic rings. The normalized spacial score (nSPS) is 13.6. The van der Waals surface area contributed by atoms with Gasteiger partial charge in [0.1, 0.15) is 5.75 Å².